The van der Waals surface area contributed by atoms with Crippen molar-refractivity contribution in [3.8, 4) is 5.75 Å². The molecular formula is C9H10BrNO. The van der Waals surface area contributed by atoms with Crippen LogP contribution in [0.3, 0.4) is 0 Å². The maximum absolute atomic E-state index is 9.08. The van der Waals surface area contributed by atoms with Crippen LogP contribution in [0.15, 0.2) is 28.7 Å². The van der Waals surface area contributed by atoms with Gasteiger partial charge in [0.15, 0.2) is 0 Å². The van der Waals surface area contributed by atoms with Crippen LogP contribution in [0.1, 0.15) is 5.56 Å². The van der Waals surface area contributed by atoms with Crippen LogP contribution in [-0.4, -0.2) is 11.7 Å². The summed E-state index contributed by atoms with van der Waals surface area (Å²) in [5.41, 5.74) is 6.32. The monoisotopic (exact) mass is 227 g/mol. The second-order valence-electron chi connectivity index (χ2n) is 2.34. The molecule has 2 nitrogen and oxygen atoms in total. The molecule has 1 aromatic rings. The number of rotatable bonds is 2. The van der Waals surface area contributed by atoms with Gasteiger partial charge in [-0.2, -0.15) is 0 Å². The lowest BCUT2D eigenvalue weighted by Gasteiger charge is -1.98. The largest absolute Gasteiger partial charge is 0.508 e. The summed E-state index contributed by atoms with van der Waals surface area (Å²) in [5.74, 6) is 0.256. The second-order valence-corrected chi connectivity index (χ2v) is 3.20. The molecule has 0 saturated heterocycles. The number of hydrogen-bond donors (Lipinski definition) is 2. The lowest BCUT2D eigenvalue weighted by Crippen LogP contribution is -1.91. The second kappa shape index (κ2) is 4.28. The van der Waals surface area contributed by atoms with E-state index in [1.54, 1.807) is 12.1 Å². The average molecular weight is 228 g/mol. The molecule has 0 bridgehead atoms. The number of benzene rings is 1. The summed E-state index contributed by atoms with van der Waals surface area (Å²) < 4.78 is 0.868. The Kier molecular flexibility index (Phi) is 3.31. The molecule has 12 heavy (non-hydrogen) atoms. The van der Waals surface area contributed by atoms with Gasteiger partial charge in [0, 0.05) is 11.0 Å². The van der Waals surface area contributed by atoms with Crippen molar-refractivity contribution in [2.75, 3.05) is 6.54 Å². The summed E-state index contributed by atoms with van der Waals surface area (Å²) >= 11 is 3.33. The summed E-state index contributed by atoms with van der Waals surface area (Å²) in [7, 11) is 0. The highest BCUT2D eigenvalue weighted by molar-refractivity contribution is 9.10. The number of aromatic hydroxyl groups is 1. The van der Waals surface area contributed by atoms with Crippen molar-refractivity contribution in [2.45, 2.75) is 0 Å². The van der Waals surface area contributed by atoms with Crippen LogP contribution >= 0.6 is 15.9 Å². The van der Waals surface area contributed by atoms with E-state index in [-0.39, 0.29) is 5.75 Å². The van der Waals surface area contributed by atoms with E-state index in [1.165, 1.54) is 0 Å². The predicted molar refractivity (Wildman–Crippen MR) is 53.9 cm³/mol. The molecule has 0 aliphatic rings. The molecular weight excluding hydrogens is 218 g/mol. The molecule has 0 saturated carbocycles. The Balaban J connectivity index is 2.94. The minimum absolute atomic E-state index is 0.256. The van der Waals surface area contributed by atoms with Gasteiger partial charge in [-0.15, -0.1) is 0 Å². The summed E-state index contributed by atoms with van der Waals surface area (Å²) in [5, 5.41) is 9.08. The van der Waals surface area contributed by atoms with Gasteiger partial charge in [-0.1, -0.05) is 34.1 Å². The van der Waals surface area contributed by atoms with E-state index in [9.17, 15) is 0 Å². The van der Waals surface area contributed by atoms with Crippen LogP contribution < -0.4 is 5.73 Å². The van der Waals surface area contributed by atoms with Gasteiger partial charge in [-0.05, 0) is 17.7 Å². The molecule has 3 heteroatoms. The fourth-order valence-electron chi connectivity index (χ4n) is 0.846. The molecule has 0 heterocycles. The number of hydrogen-bond acceptors (Lipinski definition) is 2. The Labute approximate surface area is 79.8 Å². The van der Waals surface area contributed by atoms with Crippen molar-refractivity contribution in [2.24, 2.45) is 5.73 Å². The van der Waals surface area contributed by atoms with E-state index >= 15 is 0 Å². The zero-order valence-corrected chi connectivity index (χ0v) is 8.08. The van der Waals surface area contributed by atoms with Gasteiger partial charge >= 0.3 is 0 Å². The van der Waals surface area contributed by atoms with Crippen molar-refractivity contribution < 1.29 is 5.11 Å². The molecule has 1 aromatic carbocycles. The molecule has 0 atom stereocenters. The van der Waals surface area contributed by atoms with Crippen LogP contribution in [0.2, 0.25) is 0 Å². The number of halogens is 1. The first-order chi connectivity index (χ1) is 5.74. The molecule has 0 spiro atoms. The zero-order chi connectivity index (χ0) is 8.97. The average Bonchev–Trinajstić information content (AvgIpc) is 2.03. The first kappa shape index (κ1) is 9.29. The maximum atomic E-state index is 9.08. The summed E-state index contributed by atoms with van der Waals surface area (Å²) in [6, 6.07) is 5.11. The van der Waals surface area contributed by atoms with E-state index < -0.39 is 0 Å². The van der Waals surface area contributed by atoms with Crippen LogP contribution in [-0.2, 0) is 0 Å². The normalized spacial score (nSPS) is 10.8. The van der Waals surface area contributed by atoms with E-state index in [0.29, 0.717) is 6.54 Å². The lowest BCUT2D eigenvalue weighted by molar-refractivity contribution is 0.475. The minimum atomic E-state index is 0.256. The van der Waals surface area contributed by atoms with Gasteiger partial charge in [-0.3, -0.25) is 0 Å². The smallest absolute Gasteiger partial charge is 0.116 e. The Morgan fingerprint density at radius 2 is 2.25 bits per heavy atom. The highest BCUT2D eigenvalue weighted by atomic mass is 79.9. The SMILES string of the molecule is NC/C=C/c1ccc(O)cc1Br. The first-order valence-corrected chi connectivity index (χ1v) is 4.38. The van der Waals surface area contributed by atoms with Gasteiger partial charge in [0.05, 0.1) is 0 Å². The third-order valence-electron chi connectivity index (χ3n) is 1.42. The van der Waals surface area contributed by atoms with E-state index in [2.05, 4.69) is 15.9 Å². The van der Waals surface area contributed by atoms with Crippen molar-refractivity contribution in [3.63, 3.8) is 0 Å². The fraction of sp³-hybridized carbons (Fsp3) is 0.111. The molecule has 64 valence electrons. The van der Waals surface area contributed by atoms with Gasteiger partial charge in [-0.25, -0.2) is 0 Å². The Bertz CT molecular complexity index is 297. The van der Waals surface area contributed by atoms with Crippen LogP contribution in [0, 0.1) is 0 Å². The van der Waals surface area contributed by atoms with Crippen LogP contribution in [0.25, 0.3) is 6.08 Å². The Hall–Kier alpha value is -0.800. The first-order valence-electron chi connectivity index (χ1n) is 3.59. The molecule has 0 unspecified atom stereocenters. The predicted octanol–water partition coefficient (Wildman–Crippen LogP) is 2.13. The Morgan fingerprint density at radius 3 is 2.83 bits per heavy atom. The third-order valence-corrected chi connectivity index (χ3v) is 2.10. The summed E-state index contributed by atoms with van der Waals surface area (Å²) in [6.45, 7) is 0.521. The lowest BCUT2D eigenvalue weighted by atomic mass is 10.2. The quantitative estimate of drug-likeness (QED) is 0.814. The summed E-state index contributed by atoms with van der Waals surface area (Å²) in [4.78, 5) is 0. The van der Waals surface area contributed by atoms with Crippen LogP contribution in [0.4, 0.5) is 0 Å². The molecule has 0 aliphatic heterocycles. The minimum Gasteiger partial charge on any atom is -0.508 e. The molecule has 0 aliphatic carbocycles. The molecule has 0 fully saturated rings. The molecule has 0 amide bonds. The molecule has 0 aromatic heterocycles. The van der Waals surface area contributed by atoms with Crippen molar-refractivity contribution in [1.29, 1.82) is 0 Å². The van der Waals surface area contributed by atoms with Gasteiger partial charge < -0.3 is 10.8 Å². The third kappa shape index (κ3) is 2.36. The van der Waals surface area contributed by atoms with Gasteiger partial charge in [0.25, 0.3) is 0 Å². The summed E-state index contributed by atoms with van der Waals surface area (Å²) in [6.07, 6.45) is 3.76. The molecule has 0 radical (unpaired) electrons. The van der Waals surface area contributed by atoms with E-state index in [4.69, 9.17) is 10.8 Å². The van der Waals surface area contributed by atoms with Gasteiger partial charge in [0.1, 0.15) is 5.75 Å². The molecule has 3 N–H and O–H groups in total. The van der Waals surface area contributed by atoms with Crippen LogP contribution in [0.5, 0.6) is 5.75 Å². The number of nitrogens with two attached hydrogens (primary N) is 1. The zero-order valence-electron chi connectivity index (χ0n) is 6.50. The maximum Gasteiger partial charge on any atom is 0.116 e. The highest BCUT2D eigenvalue weighted by Gasteiger charge is 1.95. The van der Waals surface area contributed by atoms with Crippen molar-refractivity contribution in [1.82, 2.24) is 0 Å². The van der Waals surface area contributed by atoms with Gasteiger partial charge in [0.2, 0.25) is 0 Å². The van der Waals surface area contributed by atoms with E-state index in [1.807, 2.05) is 18.2 Å². The fourth-order valence-corrected chi connectivity index (χ4v) is 1.35. The number of phenols is 1. The van der Waals surface area contributed by atoms with E-state index in [0.717, 1.165) is 10.0 Å². The van der Waals surface area contributed by atoms with Crippen molar-refractivity contribution >= 4 is 22.0 Å². The Morgan fingerprint density at radius 1 is 1.50 bits per heavy atom. The standard InChI is InChI=1S/C9H10BrNO/c10-9-6-8(12)4-3-7(9)2-1-5-11/h1-4,6,12H,5,11H2/b2-1+. The molecule has 1 rings (SSSR count). The number of phenolic OH excluding ortho intramolecular Hbond substituents is 1. The topological polar surface area (TPSA) is 46.2 Å². The van der Waals surface area contributed by atoms with Crippen molar-refractivity contribution in [3.05, 3.63) is 34.3 Å². The highest BCUT2D eigenvalue weighted by Crippen LogP contribution is 2.22.